The third-order valence-corrected chi connectivity index (χ3v) is 2.42. The van der Waals surface area contributed by atoms with E-state index < -0.39 is 11.9 Å². The molecule has 0 unspecified atom stereocenters. The molecule has 0 spiro atoms. The molecule has 1 aromatic heterocycles. The van der Waals surface area contributed by atoms with Crippen molar-refractivity contribution < 1.29 is 19.1 Å². The summed E-state index contributed by atoms with van der Waals surface area (Å²) in [6.07, 6.45) is 0. The zero-order valence-electron chi connectivity index (χ0n) is 10.7. The molecule has 0 amide bonds. The predicted octanol–water partition coefficient (Wildman–Crippen LogP) is 1.98. The lowest BCUT2D eigenvalue weighted by molar-refractivity contribution is -0.132. The molecule has 0 bridgehead atoms. The number of benzene rings is 1. The molecule has 0 atom stereocenters. The van der Waals surface area contributed by atoms with E-state index in [9.17, 15) is 9.59 Å². The van der Waals surface area contributed by atoms with E-state index in [-0.39, 0.29) is 16.3 Å². The van der Waals surface area contributed by atoms with Crippen LogP contribution in [0.3, 0.4) is 0 Å². The summed E-state index contributed by atoms with van der Waals surface area (Å²) in [7, 11) is 0. The molecule has 0 radical (unpaired) electrons. The first kappa shape index (κ1) is 13.9. The number of hydrogen-bond acceptors (Lipinski definition) is 6. The molecule has 2 rings (SSSR count). The Bertz CT molecular complexity index is 719. The van der Waals surface area contributed by atoms with Crippen LogP contribution >= 0.6 is 12.2 Å². The summed E-state index contributed by atoms with van der Waals surface area (Å²) >= 11 is 4.87. The van der Waals surface area contributed by atoms with Gasteiger partial charge in [0.05, 0.1) is 5.56 Å². The van der Waals surface area contributed by atoms with Crippen molar-refractivity contribution in [1.29, 1.82) is 0 Å². The second-order valence-electron chi connectivity index (χ2n) is 3.86. The molecule has 8 heteroatoms. The van der Waals surface area contributed by atoms with Gasteiger partial charge in [0.2, 0.25) is 4.77 Å². The second-order valence-corrected chi connectivity index (χ2v) is 4.25. The molecule has 7 nitrogen and oxygen atoms in total. The van der Waals surface area contributed by atoms with Gasteiger partial charge in [0, 0.05) is 19.9 Å². The van der Waals surface area contributed by atoms with E-state index >= 15 is 0 Å². The number of carbonyl (C=O) groups excluding carboxylic acids is 2. The van der Waals surface area contributed by atoms with Crippen LogP contribution in [0.4, 0.5) is 0 Å². The summed E-state index contributed by atoms with van der Waals surface area (Å²) in [5, 5.41) is 5.40. The van der Waals surface area contributed by atoms with Crippen LogP contribution in [-0.2, 0) is 9.59 Å². The Labute approximate surface area is 118 Å². The van der Waals surface area contributed by atoms with Gasteiger partial charge in [-0.1, -0.05) is 0 Å². The first-order chi connectivity index (χ1) is 9.45. The normalized spacial score (nSPS) is 10.1. The van der Waals surface area contributed by atoms with E-state index in [1.54, 1.807) is 12.1 Å². The molecular weight excluding hydrogens is 282 g/mol. The lowest BCUT2D eigenvalue weighted by atomic mass is 10.2. The second kappa shape index (κ2) is 5.66. The summed E-state index contributed by atoms with van der Waals surface area (Å²) in [5.41, 5.74) is 0.517. The van der Waals surface area contributed by atoms with E-state index in [1.807, 2.05) is 0 Å². The van der Waals surface area contributed by atoms with Crippen LogP contribution in [0, 0.1) is 4.77 Å². The summed E-state index contributed by atoms with van der Waals surface area (Å²) in [6.45, 7) is 2.55. The van der Waals surface area contributed by atoms with Crippen LogP contribution in [0.2, 0.25) is 0 Å². The van der Waals surface area contributed by atoms with Gasteiger partial charge < -0.3 is 9.47 Å². The topological polar surface area (TPSA) is 97.1 Å². The largest absolute Gasteiger partial charge is 0.427 e. The zero-order chi connectivity index (χ0) is 14.7. The van der Waals surface area contributed by atoms with Crippen LogP contribution < -0.4 is 9.47 Å². The molecule has 20 heavy (non-hydrogen) atoms. The number of H-pyrrole nitrogens is 2. The van der Waals surface area contributed by atoms with Gasteiger partial charge in [0.15, 0.2) is 5.82 Å². The van der Waals surface area contributed by atoms with E-state index in [4.69, 9.17) is 21.7 Å². The summed E-state index contributed by atoms with van der Waals surface area (Å²) in [5.74, 6) is -0.0627. The molecule has 0 aliphatic carbocycles. The number of hydrogen-bond donors (Lipinski definition) is 2. The lowest BCUT2D eigenvalue weighted by Crippen LogP contribution is -2.05. The third kappa shape index (κ3) is 3.29. The molecule has 0 saturated carbocycles. The molecule has 104 valence electrons. The molecule has 0 fully saturated rings. The number of ether oxygens (including phenoxy) is 2. The fraction of sp³-hybridized carbons (Fsp3) is 0.167. The Morgan fingerprint density at radius 1 is 1.15 bits per heavy atom. The van der Waals surface area contributed by atoms with E-state index in [0.717, 1.165) is 0 Å². The lowest BCUT2D eigenvalue weighted by Gasteiger charge is -2.09. The van der Waals surface area contributed by atoms with Crippen molar-refractivity contribution in [2.75, 3.05) is 0 Å². The van der Waals surface area contributed by atoms with E-state index in [2.05, 4.69) is 15.2 Å². The molecule has 1 heterocycles. The zero-order valence-corrected chi connectivity index (χ0v) is 11.5. The average Bonchev–Trinajstić information content (AvgIpc) is 2.74. The number of nitrogens with zero attached hydrogens (tertiary/aromatic N) is 1. The predicted molar refractivity (Wildman–Crippen MR) is 71.8 cm³/mol. The van der Waals surface area contributed by atoms with Crippen LogP contribution in [0.1, 0.15) is 13.8 Å². The molecule has 0 saturated heterocycles. The third-order valence-electron chi connectivity index (χ3n) is 2.22. The van der Waals surface area contributed by atoms with Crippen LogP contribution in [0.15, 0.2) is 18.2 Å². The van der Waals surface area contributed by atoms with Crippen molar-refractivity contribution in [2.45, 2.75) is 13.8 Å². The fourth-order valence-electron chi connectivity index (χ4n) is 1.56. The van der Waals surface area contributed by atoms with Gasteiger partial charge in [0.25, 0.3) is 0 Å². The van der Waals surface area contributed by atoms with Crippen LogP contribution in [0.25, 0.3) is 11.4 Å². The highest BCUT2D eigenvalue weighted by Gasteiger charge is 2.13. The van der Waals surface area contributed by atoms with Gasteiger partial charge >= 0.3 is 11.9 Å². The van der Waals surface area contributed by atoms with Gasteiger partial charge in [0.1, 0.15) is 11.5 Å². The molecule has 2 aromatic rings. The molecule has 2 N–H and O–H groups in total. The van der Waals surface area contributed by atoms with E-state index in [0.29, 0.717) is 11.4 Å². The van der Waals surface area contributed by atoms with Gasteiger partial charge in [-0.05, 0) is 24.4 Å². The summed E-state index contributed by atoms with van der Waals surface area (Å²) in [6, 6.07) is 4.61. The average molecular weight is 293 g/mol. The maximum absolute atomic E-state index is 11.1. The Balaban J connectivity index is 2.47. The SMILES string of the molecule is CC(=O)Oc1ccc(-c2nc(=S)[nH][nH]2)c(OC(C)=O)c1. The molecule has 0 aliphatic rings. The van der Waals surface area contributed by atoms with E-state index in [1.165, 1.54) is 19.9 Å². The Morgan fingerprint density at radius 3 is 2.40 bits per heavy atom. The number of nitrogens with one attached hydrogen (secondary N) is 2. The van der Waals surface area contributed by atoms with Gasteiger partial charge in [-0.2, -0.15) is 4.98 Å². The standard InChI is InChI=1S/C12H11N3O4S/c1-6(16)18-8-3-4-9(10(5-8)19-7(2)17)11-13-12(20)15-14-11/h3-5H,1-2H3,(H2,13,14,15,20). The number of aromatic amines is 2. The highest BCUT2D eigenvalue weighted by atomic mass is 32.1. The fourth-order valence-corrected chi connectivity index (χ4v) is 1.71. The quantitative estimate of drug-likeness (QED) is 0.510. The molecule has 0 aliphatic heterocycles. The Kier molecular flexibility index (Phi) is 3.94. The minimum atomic E-state index is -0.500. The number of esters is 2. The van der Waals surface area contributed by atoms with Crippen molar-refractivity contribution in [3.8, 4) is 22.9 Å². The van der Waals surface area contributed by atoms with Gasteiger partial charge in [-0.25, -0.2) is 0 Å². The van der Waals surface area contributed by atoms with Crippen molar-refractivity contribution >= 4 is 24.2 Å². The van der Waals surface area contributed by atoms with Gasteiger partial charge in [-0.15, -0.1) is 0 Å². The number of carbonyl (C=O) groups is 2. The number of rotatable bonds is 3. The Morgan fingerprint density at radius 2 is 1.85 bits per heavy atom. The maximum atomic E-state index is 11.1. The van der Waals surface area contributed by atoms with Gasteiger partial charge in [-0.3, -0.25) is 19.8 Å². The number of aromatic nitrogens is 3. The minimum Gasteiger partial charge on any atom is -0.427 e. The minimum absolute atomic E-state index is 0.217. The first-order valence-electron chi connectivity index (χ1n) is 5.61. The maximum Gasteiger partial charge on any atom is 0.308 e. The smallest absolute Gasteiger partial charge is 0.308 e. The summed E-state index contributed by atoms with van der Waals surface area (Å²) in [4.78, 5) is 26.1. The highest BCUT2D eigenvalue weighted by molar-refractivity contribution is 7.71. The van der Waals surface area contributed by atoms with Crippen molar-refractivity contribution in [3.63, 3.8) is 0 Å². The summed E-state index contributed by atoms with van der Waals surface area (Å²) < 4.78 is 10.3. The Hall–Kier alpha value is -2.48. The monoisotopic (exact) mass is 293 g/mol. The van der Waals surface area contributed by atoms with Crippen LogP contribution in [-0.4, -0.2) is 27.1 Å². The van der Waals surface area contributed by atoms with Crippen molar-refractivity contribution in [1.82, 2.24) is 15.2 Å². The first-order valence-corrected chi connectivity index (χ1v) is 6.02. The molecule has 1 aromatic carbocycles. The highest BCUT2D eigenvalue weighted by Crippen LogP contribution is 2.31. The van der Waals surface area contributed by atoms with Crippen molar-refractivity contribution in [2.24, 2.45) is 0 Å². The molecular formula is C12H11N3O4S. The van der Waals surface area contributed by atoms with Crippen LogP contribution in [0.5, 0.6) is 11.5 Å². The van der Waals surface area contributed by atoms with Crippen molar-refractivity contribution in [3.05, 3.63) is 23.0 Å².